The third-order valence-corrected chi connectivity index (χ3v) is 3.73. The summed E-state index contributed by atoms with van der Waals surface area (Å²) in [6, 6.07) is 0. The van der Waals surface area contributed by atoms with Crippen molar-refractivity contribution in [1.82, 2.24) is 10.2 Å². The molecule has 0 aliphatic carbocycles. The average Bonchev–Trinajstić information content (AvgIpc) is 2.18. The SMILES string of the molecule is CCCNCC(C)(C)CN1CCSCC1. The van der Waals surface area contributed by atoms with Crippen LogP contribution < -0.4 is 5.32 Å². The Hall–Kier alpha value is 0.270. The summed E-state index contributed by atoms with van der Waals surface area (Å²) < 4.78 is 0. The van der Waals surface area contributed by atoms with Crippen LogP contribution >= 0.6 is 11.8 Å². The normalized spacial score (nSPS) is 19.4. The van der Waals surface area contributed by atoms with Crippen molar-refractivity contribution >= 4 is 11.8 Å². The van der Waals surface area contributed by atoms with E-state index in [0.29, 0.717) is 5.41 Å². The number of rotatable bonds is 6. The van der Waals surface area contributed by atoms with Gasteiger partial charge in [0.05, 0.1) is 0 Å². The quantitative estimate of drug-likeness (QED) is 0.703. The van der Waals surface area contributed by atoms with Gasteiger partial charge in [-0.25, -0.2) is 0 Å². The van der Waals surface area contributed by atoms with Crippen LogP contribution in [0.4, 0.5) is 0 Å². The lowest BCUT2D eigenvalue weighted by Crippen LogP contribution is -2.43. The second-order valence-corrected chi connectivity index (χ2v) is 6.45. The Bertz CT molecular complexity index is 165. The molecule has 0 spiro atoms. The van der Waals surface area contributed by atoms with E-state index in [0.717, 1.165) is 13.1 Å². The average molecular weight is 230 g/mol. The summed E-state index contributed by atoms with van der Waals surface area (Å²) in [6.07, 6.45) is 1.23. The van der Waals surface area contributed by atoms with Gasteiger partial charge in [-0.1, -0.05) is 20.8 Å². The van der Waals surface area contributed by atoms with Crippen LogP contribution in [0, 0.1) is 5.41 Å². The second kappa shape index (κ2) is 6.77. The fourth-order valence-electron chi connectivity index (χ4n) is 2.02. The molecule has 0 radical (unpaired) electrons. The molecular formula is C12H26N2S. The zero-order valence-corrected chi connectivity index (χ0v) is 11.3. The van der Waals surface area contributed by atoms with Gasteiger partial charge in [-0.05, 0) is 18.4 Å². The lowest BCUT2D eigenvalue weighted by molar-refractivity contribution is 0.187. The zero-order valence-electron chi connectivity index (χ0n) is 10.5. The van der Waals surface area contributed by atoms with Gasteiger partial charge in [0, 0.05) is 37.7 Å². The van der Waals surface area contributed by atoms with Crippen LogP contribution in [-0.4, -0.2) is 49.1 Å². The molecule has 0 aromatic rings. The second-order valence-electron chi connectivity index (χ2n) is 5.23. The van der Waals surface area contributed by atoms with E-state index in [1.54, 1.807) is 0 Å². The van der Waals surface area contributed by atoms with Gasteiger partial charge in [-0.2, -0.15) is 11.8 Å². The van der Waals surface area contributed by atoms with Gasteiger partial charge in [0.15, 0.2) is 0 Å². The van der Waals surface area contributed by atoms with Crippen molar-refractivity contribution in [2.75, 3.05) is 44.2 Å². The van der Waals surface area contributed by atoms with Gasteiger partial charge < -0.3 is 10.2 Å². The predicted octanol–water partition coefficient (Wildman–Crippen LogP) is 2.06. The highest BCUT2D eigenvalue weighted by Gasteiger charge is 2.22. The maximum absolute atomic E-state index is 3.53. The van der Waals surface area contributed by atoms with Crippen LogP contribution in [0.15, 0.2) is 0 Å². The summed E-state index contributed by atoms with van der Waals surface area (Å²) in [5.41, 5.74) is 0.414. The molecule has 1 rings (SSSR count). The summed E-state index contributed by atoms with van der Waals surface area (Å²) in [7, 11) is 0. The third kappa shape index (κ3) is 5.79. The molecule has 1 N–H and O–H groups in total. The predicted molar refractivity (Wildman–Crippen MR) is 70.7 cm³/mol. The number of nitrogens with zero attached hydrogens (tertiary/aromatic N) is 1. The highest BCUT2D eigenvalue weighted by Crippen LogP contribution is 2.18. The van der Waals surface area contributed by atoms with Crippen LogP contribution in [0.1, 0.15) is 27.2 Å². The standard InChI is InChI=1S/C12H26N2S/c1-4-5-13-10-12(2,3)11-14-6-8-15-9-7-14/h13H,4-11H2,1-3H3. The molecule has 1 saturated heterocycles. The first-order chi connectivity index (χ1) is 7.14. The Kier molecular flexibility index (Phi) is 6.02. The van der Waals surface area contributed by atoms with Crippen molar-refractivity contribution in [2.24, 2.45) is 5.41 Å². The smallest absolute Gasteiger partial charge is 0.00729 e. The van der Waals surface area contributed by atoms with Crippen molar-refractivity contribution in [3.8, 4) is 0 Å². The van der Waals surface area contributed by atoms with Crippen molar-refractivity contribution in [3.05, 3.63) is 0 Å². The van der Waals surface area contributed by atoms with E-state index in [1.807, 2.05) is 0 Å². The Balaban J connectivity index is 2.20. The number of hydrogen-bond donors (Lipinski definition) is 1. The van der Waals surface area contributed by atoms with Crippen molar-refractivity contribution in [2.45, 2.75) is 27.2 Å². The third-order valence-electron chi connectivity index (χ3n) is 2.79. The van der Waals surface area contributed by atoms with E-state index in [4.69, 9.17) is 0 Å². The molecule has 0 amide bonds. The molecule has 0 bridgehead atoms. The molecular weight excluding hydrogens is 204 g/mol. The molecule has 1 heterocycles. The molecule has 1 aliphatic heterocycles. The zero-order chi connectivity index (χ0) is 11.1. The summed E-state index contributed by atoms with van der Waals surface area (Å²) >= 11 is 2.09. The minimum absolute atomic E-state index is 0.414. The van der Waals surface area contributed by atoms with E-state index in [9.17, 15) is 0 Å². The fraction of sp³-hybridized carbons (Fsp3) is 1.00. The lowest BCUT2D eigenvalue weighted by Gasteiger charge is -2.34. The molecule has 15 heavy (non-hydrogen) atoms. The lowest BCUT2D eigenvalue weighted by atomic mass is 9.92. The largest absolute Gasteiger partial charge is 0.316 e. The number of nitrogens with one attached hydrogen (secondary N) is 1. The summed E-state index contributed by atoms with van der Waals surface area (Å²) in [6.45, 7) is 13.1. The minimum atomic E-state index is 0.414. The van der Waals surface area contributed by atoms with Gasteiger partial charge in [0.25, 0.3) is 0 Å². The molecule has 1 aliphatic rings. The summed E-state index contributed by atoms with van der Waals surface area (Å²) in [5, 5.41) is 3.53. The van der Waals surface area contributed by atoms with Crippen LogP contribution in [0.2, 0.25) is 0 Å². The van der Waals surface area contributed by atoms with Gasteiger partial charge in [0.2, 0.25) is 0 Å². The molecule has 0 aromatic carbocycles. The van der Waals surface area contributed by atoms with E-state index in [-0.39, 0.29) is 0 Å². The molecule has 0 aromatic heterocycles. The van der Waals surface area contributed by atoms with Crippen LogP contribution in [0.25, 0.3) is 0 Å². The molecule has 2 nitrogen and oxygen atoms in total. The van der Waals surface area contributed by atoms with Gasteiger partial charge in [-0.15, -0.1) is 0 Å². The van der Waals surface area contributed by atoms with E-state index in [1.165, 1.54) is 37.6 Å². The molecule has 90 valence electrons. The number of hydrogen-bond acceptors (Lipinski definition) is 3. The Morgan fingerprint density at radius 1 is 1.27 bits per heavy atom. The fourth-order valence-corrected chi connectivity index (χ4v) is 3.00. The first-order valence-electron chi connectivity index (χ1n) is 6.15. The minimum Gasteiger partial charge on any atom is -0.316 e. The van der Waals surface area contributed by atoms with Crippen molar-refractivity contribution in [3.63, 3.8) is 0 Å². The number of thioether (sulfide) groups is 1. The van der Waals surface area contributed by atoms with Gasteiger partial charge in [0.1, 0.15) is 0 Å². The Morgan fingerprint density at radius 3 is 2.53 bits per heavy atom. The highest BCUT2D eigenvalue weighted by molar-refractivity contribution is 7.99. The Labute approximate surface area is 99.2 Å². The summed E-state index contributed by atoms with van der Waals surface area (Å²) in [5.74, 6) is 2.64. The van der Waals surface area contributed by atoms with Crippen LogP contribution in [0.5, 0.6) is 0 Å². The molecule has 3 heteroatoms. The highest BCUT2D eigenvalue weighted by atomic mass is 32.2. The van der Waals surface area contributed by atoms with Gasteiger partial charge >= 0.3 is 0 Å². The van der Waals surface area contributed by atoms with E-state index >= 15 is 0 Å². The van der Waals surface area contributed by atoms with E-state index < -0.39 is 0 Å². The molecule has 0 atom stereocenters. The molecule has 0 saturated carbocycles. The molecule has 1 fully saturated rings. The topological polar surface area (TPSA) is 15.3 Å². The maximum Gasteiger partial charge on any atom is 0.00729 e. The molecule has 0 unspecified atom stereocenters. The van der Waals surface area contributed by atoms with E-state index in [2.05, 4.69) is 42.7 Å². The monoisotopic (exact) mass is 230 g/mol. The van der Waals surface area contributed by atoms with Crippen molar-refractivity contribution in [1.29, 1.82) is 0 Å². The Morgan fingerprint density at radius 2 is 1.93 bits per heavy atom. The van der Waals surface area contributed by atoms with Crippen molar-refractivity contribution < 1.29 is 0 Å². The first kappa shape index (κ1) is 13.3. The summed E-state index contributed by atoms with van der Waals surface area (Å²) in [4.78, 5) is 2.62. The maximum atomic E-state index is 3.53. The van der Waals surface area contributed by atoms with Crippen LogP contribution in [-0.2, 0) is 0 Å². The van der Waals surface area contributed by atoms with Crippen LogP contribution in [0.3, 0.4) is 0 Å². The van der Waals surface area contributed by atoms with Gasteiger partial charge in [-0.3, -0.25) is 0 Å². The first-order valence-corrected chi connectivity index (χ1v) is 7.30.